The van der Waals surface area contributed by atoms with E-state index in [4.69, 9.17) is 23.7 Å². The van der Waals surface area contributed by atoms with Gasteiger partial charge in [-0.15, -0.1) is 0 Å². The Morgan fingerprint density at radius 1 is 0.842 bits per heavy atom. The number of rotatable bonds is 8. The van der Waals surface area contributed by atoms with Gasteiger partial charge in [0.15, 0.2) is 17.8 Å². The van der Waals surface area contributed by atoms with Gasteiger partial charge in [-0.05, 0) is 26.0 Å². The van der Waals surface area contributed by atoms with Crippen LogP contribution < -0.4 is 14.2 Å². The fourth-order valence-electron chi connectivity index (χ4n) is 1.84. The molecule has 5 nitrogen and oxygen atoms in total. The standard InChI is InChI=1S/C14H22O5/c1-6-18-14(19-7-2)10-8-9-11(15-3)13(17-5)12(10)16-4/h8-9,14H,6-7H2,1-5H3. The zero-order valence-electron chi connectivity index (χ0n) is 12.2. The highest BCUT2D eigenvalue weighted by atomic mass is 16.7. The van der Waals surface area contributed by atoms with Gasteiger partial charge >= 0.3 is 0 Å². The van der Waals surface area contributed by atoms with Crippen LogP contribution in [0.15, 0.2) is 12.1 Å². The summed E-state index contributed by atoms with van der Waals surface area (Å²) in [6.45, 7) is 4.92. The van der Waals surface area contributed by atoms with Crippen LogP contribution in [-0.2, 0) is 9.47 Å². The van der Waals surface area contributed by atoms with Gasteiger partial charge in [0.05, 0.1) is 26.9 Å². The Labute approximate surface area is 114 Å². The molecule has 1 rings (SSSR count). The van der Waals surface area contributed by atoms with Crippen LogP contribution in [0.1, 0.15) is 25.7 Å². The van der Waals surface area contributed by atoms with Crippen LogP contribution in [0.4, 0.5) is 0 Å². The number of methoxy groups -OCH3 is 3. The maximum absolute atomic E-state index is 5.59. The molecule has 19 heavy (non-hydrogen) atoms. The molecule has 0 atom stereocenters. The van der Waals surface area contributed by atoms with Crippen molar-refractivity contribution in [3.63, 3.8) is 0 Å². The van der Waals surface area contributed by atoms with Gasteiger partial charge in [0.2, 0.25) is 5.75 Å². The summed E-state index contributed by atoms with van der Waals surface area (Å²) in [4.78, 5) is 0. The van der Waals surface area contributed by atoms with E-state index >= 15 is 0 Å². The lowest BCUT2D eigenvalue weighted by molar-refractivity contribution is -0.141. The van der Waals surface area contributed by atoms with Crippen molar-refractivity contribution in [1.82, 2.24) is 0 Å². The van der Waals surface area contributed by atoms with Crippen molar-refractivity contribution in [2.24, 2.45) is 0 Å². The molecule has 0 bridgehead atoms. The van der Waals surface area contributed by atoms with Gasteiger partial charge < -0.3 is 23.7 Å². The normalized spacial score (nSPS) is 10.6. The van der Waals surface area contributed by atoms with Crippen LogP contribution in [0, 0.1) is 0 Å². The molecule has 0 spiro atoms. The molecule has 0 aliphatic rings. The number of hydrogen-bond donors (Lipinski definition) is 0. The zero-order valence-corrected chi connectivity index (χ0v) is 12.2. The Hall–Kier alpha value is -1.46. The third-order valence-corrected chi connectivity index (χ3v) is 2.62. The number of benzene rings is 1. The largest absolute Gasteiger partial charge is 0.493 e. The Morgan fingerprint density at radius 3 is 1.84 bits per heavy atom. The highest BCUT2D eigenvalue weighted by molar-refractivity contribution is 5.56. The van der Waals surface area contributed by atoms with E-state index in [0.717, 1.165) is 5.56 Å². The maximum Gasteiger partial charge on any atom is 0.203 e. The first kappa shape index (κ1) is 15.6. The van der Waals surface area contributed by atoms with Crippen LogP contribution in [0.3, 0.4) is 0 Å². The van der Waals surface area contributed by atoms with Crippen LogP contribution >= 0.6 is 0 Å². The average Bonchev–Trinajstić information content (AvgIpc) is 2.45. The minimum Gasteiger partial charge on any atom is -0.493 e. The second-order valence-electron chi connectivity index (χ2n) is 3.67. The average molecular weight is 270 g/mol. The molecule has 0 aliphatic carbocycles. The van der Waals surface area contributed by atoms with Gasteiger partial charge in [0.1, 0.15) is 0 Å². The summed E-state index contributed by atoms with van der Waals surface area (Å²) in [5.74, 6) is 1.70. The molecule has 5 heteroatoms. The van der Waals surface area contributed by atoms with Gasteiger partial charge in [0, 0.05) is 13.2 Å². The lowest BCUT2D eigenvalue weighted by Crippen LogP contribution is -2.11. The van der Waals surface area contributed by atoms with Crippen molar-refractivity contribution in [2.45, 2.75) is 20.1 Å². The third kappa shape index (κ3) is 3.52. The van der Waals surface area contributed by atoms with E-state index in [-0.39, 0.29) is 0 Å². The lowest BCUT2D eigenvalue weighted by Gasteiger charge is -2.22. The molecule has 108 valence electrons. The van der Waals surface area contributed by atoms with E-state index in [0.29, 0.717) is 30.5 Å². The van der Waals surface area contributed by atoms with Crippen molar-refractivity contribution in [2.75, 3.05) is 34.5 Å². The minimum atomic E-state index is -0.482. The van der Waals surface area contributed by atoms with E-state index in [1.165, 1.54) is 0 Å². The summed E-state index contributed by atoms with van der Waals surface area (Å²) in [6, 6.07) is 3.66. The first-order valence-corrected chi connectivity index (χ1v) is 6.25. The molecule has 1 aromatic rings. The topological polar surface area (TPSA) is 46.2 Å². The first-order valence-electron chi connectivity index (χ1n) is 6.25. The number of hydrogen-bond acceptors (Lipinski definition) is 5. The van der Waals surface area contributed by atoms with Crippen molar-refractivity contribution in [3.8, 4) is 17.2 Å². The highest BCUT2D eigenvalue weighted by Gasteiger charge is 2.22. The SMILES string of the molecule is CCOC(OCC)c1ccc(OC)c(OC)c1OC. The van der Waals surface area contributed by atoms with Crippen LogP contribution in [0.5, 0.6) is 17.2 Å². The fraction of sp³-hybridized carbons (Fsp3) is 0.571. The molecule has 0 fully saturated rings. The molecule has 0 radical (unpaired) electrons. The van der Waals surface area contributed by atoms with Gasteiger partial charge in [-0.2, -0.15) is 0 Å². The summed E-state index contributed by atoms with van der Waals surface area (Å²) in [6.07, 6.45) is -0.482. The molecular weight excluding hydrogens is 248 g/mol. The monoisotopic (exact) mass is 270 g/mol. The Bertz CT molecular complexity index is 386. The zero-order chi connectivity index (χ0) is 14.3. The van der Waals surface area contributed by atoms with Gasteiger partial charge in [-0.25, -0.2) is 0 Å². The predicted molar refractivity (Wildman–Crippen MR) is 72.1 cm³/mol. The van der Waals surface area contributed by atoms with E-state index in [1.807, 2.05) is 26.0 Å². The third-order valence-electron chi connectivity index (χ3n) is 2.62. The predicted octanol–water partition coefficient (Wildman–Crippen LogP) is 2.78. The summed E-state index contributed by atoms with van der Waals surface area (Å²) < 4.78 is 27.2. The fourth-order valence-corrected chi connectivity index (χ4v) is 1.84. The molecular formula is C14H22O5. The van der Waals surface area contributed by atoms with Crippen LogP contribution in [0.25, 0.3) is 0 Å². The first-order chi connectivity index (χ1) is 9.23. The lowest BCUT2D eigenvalue weighted by atomic mass is 10.1. The van der Waals surface area contributed by atoms with Gasteiger partial charge in [-0.3, -0.25) is 0 Å². The summed E-state index contributed by atoms with van der Waals surface area (Å²) in [5, 5.41) is 0. The summed E-state index contributed by atoms with van der Waals surface area (Å²) in [7, 11) is 4.73. The molecule has 1 aromatic carbocycles. The Morgan fingerprint density at radius 2 is 1.42 bits per heavy atom. The van der Waals surface area contributed by atoms with E-state index in [2.05, 4.69) is 0 Å². The highest BCUT2D eigenvalue weighted by Crippen LogP contribution is 2.43. The smallest absolute Gasteiger partial charge is 0.203 e. The molecule has 0 heterocycles. The molecule has 0 N–H and O–H groups in total. The second-order valence-corrected chi connectivity index (χ2v) is 3.67. The summed E-state index contributed by atoms with van der Waals surface area (Å²) in [5.41, 5.74) is 0.781. The Balaban J connectivity index is 3.24. The van der Waals surface area contributed by atoms with E-state index in [9.17, 15) is 0 Å². The van der Waals surface area contributed by atoms with Crippen LogP contribution in [-0.4, -0.2) is 34.5 Å². The van der Waals surface area contributed by atoms with Gasteiger partial charge in [0.25, 0.3) is 0 Å². The second kappa shape index (κ2) is 7.86. The minimum absolute atomic E-state index is 0.482. The van der Waals surface area contributed by atoms with Gasteiger partial charge in [-0.1, -0.05) is 0 Å². The van der Waals surface area contributed by atoms with Crippen LogP contribution in [0.2, 0.25) is 0 Å². The molecule has 0 amide bonds. The maximum atomic E-state index is 5.59. The molecule has 0 aromatic heterocycles. The van der Waals surface area contributed by atoms with Crippen molar-refractivity contribution in [3.05, 3.63) is 17.7 Å². The quantitative estimate of drug-likeness (QED) is 0.680. The van der Waals surface area contributed by atoms with Crippen molar-refractivity contribution >= 4 is 0 Å². The molecule has 0 aliphatic heterocycles. The molecule has 0 saturated heterocycles. The van der Waals surface area contributed by atoms with Crippen molar-refractivity contribution < 1.29 is 23.7 Å². The van der Waals surface area contributed by atoms with Crippen molar-refractivity contribution in [1.29, 1.82) is 0 Å². The molecule has 0 saturated carbocycles. The number of ether oxygens (including phenoxy) is 5. The Kier molecular flexibility index (Phi) is 6.45. The van der Waals surface area contributed by atoms with E-state index in [1.54, 1.807) is 21.3 Å². The van der Waals surface area contributed by atoms with E-state index < -0.39 is 6.29 Å². The summed E-state index contributed by atoms with van der Waals surface area (Å²) >= 11 is 0. The molecule has 0 unspecified atom stereocenters.